The Labute approximate surface area is 86.1 Å². The van der Waals surface area contributed by atoms with Crippen LogP contribution in [0.4, 0.5) is 10.5 Å². The average Bonchev–Trinajstić information content (AvgIpc) is 2.51. The van der Waals surface area contributed by atoms with Gasteiger partial charge in [-0.25, -0.2) is 4.79 Å². The van der Waals surface area contributed by atoms with E-state index in [0.717, 1.165) is 0 Å². The highest BCUT2D eigenvalue weighted by atomic mass is 16.4. The lowest BCUT2D eigenvalue weighted by Gasteiger charge is -2.01. The molecule has 0 saturated heterocycles. The number of urea groups is 1. The van der Waals surface area contributed by atoms with Crippen LogP contribution in [0.2, 0.25) is 0 Å². The van der Waals surface area contributed by atoms with Crippen molar-refractivity contribution in [2.24, 2.45) is 0 Å². The first-order valence-corrected chi connectivity index (χ1v) is 4.41. The fourth-order valence-electron chi connectivity index (χ4n) is 0.989. The first kappa shape index (κ1) is 11.0. The van der Waals surface area contributed by atoms with Crippen LogP contribution in [0.5, 0.6) is 0 Å². The molecule has 0 fully saturated rings. The average molecular weight is 212 g/mol. The molecule has 0 radical (unpaired) electrons. The Morgan fingerprint density at radius 1 is 1.60 bits per heavy atom. The Morgan fingerprint density at radius 2 is 2.33 bits per heavy atom. The van der Waals surface area contributed by atoms with Crippen molar-refractivity contribution in [2.75, 3.05) is 11.9 Å². The smallest absolute Gasteiger partial charge is 0.325 e. The molecular formula is C8H12N4O3. The maximum Gasteiger partial charge on any atom is 0.325 e. The molecule has 3 N–H and O–H groups in total. The molecule has 0 aromatic carbocycles. The molecule has 1 heterocycles. The zero-order valence-electron chi connectivity index (χ0n) is 8.23. The molecule has 2 amide bonds. The molecule has 1 aromatic rings. The third-order valence-electron chi connectivity index (χ3n) is 1.53. The number of nitrogens with one attached hydrogen (secondary N) is 2. The second-order valence-electron chi connectivity index (χ2n) is 2.80. The fraction of sp³-hybridized carbons (Fsp3) is 0.375. The van der Waals surface area contributed by atoms with E-state index in [1.165, 1.54) is 17.1 Å². The maximum absolute atomic E-state index is 11.1. The van der Waals surface area contributed by atoms with Crippen LogP contribution in [0, 0.1) is 0 Å². The number of hydrogen-bond donors (Lipinski definition) is 3. The Morgan fingerprint density at radius 3 is 2.93 bits per heavy atom. The summed E-state index contributed by atoms with van der Waals surface area (Å²) in [6.07, 6.45) is 2.83. The van der Waals surface area contributed by atoms with E-state index in [1.54, 1.807) is 6.92 Å². The maximum atomic E-state index is 11.1. The summed E-state index contributed by atoms with van der Waals surface area (Å²) in [6.45, 7) is 2.10. The van der Waals surface area contributed by atoms with Gasteiger partial charge in [0.25, 0.3) is 0 Å². The topological polar surface area (TPSA) is 96.3 Å². The quantitative estimate of drug-likeness (QED) is 0.659. The van der Waals surface area contributed by atoms with Gasteiger partial charge in [0.2, 0.25) is 0 Å². The van der Waals surface area contributed by atoms with Gasteiger partial charge in [-0.3, -0.25) is 9.48 Å². The van der Waals surface area contributed by atoms with E-state index in [-0.39, 0.29) is 12.6 Å². The Hall–Kier alpha value is -2.05. The van der Waals surface area contributed by atoms with Crippen molar-refractivity contribution in [1.29, 1.82) is 0 Å². The van der Waals surface area contributed by atoms with Crippen LogP contribution >= 0.6 is 0 Å². The molecule has 0 unspecified atom stereocenters. The van der Waals surface area contributed by atoms with E-state index in [0.29, 0.717) is 12.2 Å². The van der Waals surface area contributed by atoms with E-state index >= 15 is 0 Å². The van der Waals surface area contributed by atoms with E-state index in [1.807, 2.05) is 0 Å². The van der Waals surface area contributed by atoms with Crippen molar-refractivity contribution in [3.05, 3.63) is 12.4 Å². The Balaban J connectivity index is 2.52. The van der Waals surface area contributed by atoms with Crippen molar-refractivity contribution >= 4 is 17.7 Å². The summed E-state index contributed by atoms with van der Waals surface area (Å²) in [4.78, 5) is 21.4. The van der Waals surface area contributed by atoms with E-state index in [4.69, 9.17) is 5.11 Å². The summed E-state index contributed by atoms with van der Waals surface area (Å²) in [5.74, 6) is -0.984. The minimum atomic E-state index is -0.984. The van der Waals surface area contributed by atoms with E-state index < -0.39 is 5.97 Å². The number of anilines is 1. The van der Waals surface area contributed by atoms with Gasteiger partial charge in [0.05, 0.1) is 11.9 Å². The molecule has 0 bridgehead atoms. The van der Waals surface area contributed by atoms with Gasteiger partial charge in [-0.15, -0.1) is 0 Å². The molecule has 7 heteroatoms. The van der Waals surface area contributed by atoms with Crippen molar-refractivity contribution in [3.8, 4) is 0 Å². The largest absolute Gasteiger partial charge is 0.480 e. The van der Waals surface area contributed by atoms with Gasteiger partial charge in [-0.2, -0.15) is 5.10 Å². The van der Waals surface area contributed by atoms with Gasteiger partial charge in [0.15, 0.2) is 0 Å². The third kappa shape index (κ3) is 3.67. The summed E-state index contributed by atoms with van der Waals surface area (Å²) in [5.41, 5.74) is 0.460. The van der Waals surface area contributed by atoms with E-state index in [9.17, 15) is 9.59 Å². The number of carbonyl (C=O) groups excluding carboxylic acids is 1. The van der Waals surface area contributed by atoms with Crippen LogP contribution in [-0.4, -0.2) is 33.4 Å². The summed E-state index contributed by atoms with van der Waals surface area (Å²) in [7, 11) is 0. The molecular weight excluding hydrogens is 200 g/mol. The SMILES string of the molecule is CCNC(=O)Nc1cnn(CC(=O)O)c1. The number of carbonyl (C=O) groups is 2. The molecule has 82 valence electrons. The summed E-state index contributed by atoms with van der Waals surface area (Å²) in [5, 5.41) is 17.3. The van der Waals surface area contributed by atoms with Crippen molar-refractivity contribution in [1.82, 2.24) is 15.1 Å². The first-order valence-electron chi connectivity index (χ1n) is 4.41. The third-order valence-corrected chi connectivity index (χ3v) is 1.53. The van der Waals surface area contributed by atoms with Gasteiger partial charge in [0, 0.05) is 12.7 Å². The van der Waals surface area contributed by atoms with Crippen molar-refractivity contribution in [2.45, 2.75) is 13.5 Å². The lowest BCUT2D eigenvalue weighted by atomic mass is 10.5. The molecule has 0 spiro atoms. The molecule has 7 nitrogen and oxygen atoms in total. The highest BCUT2D eigenvalue weighted by molar-refractivity contribution is 5.88. The summed E-state index contributed by atoms with van der Waals surface area (Å²) >= 11 is 0. The van der Waals surface area contributed by atoms with Gasteiger partial charge >= 0.3 is 12.0 Å². The summed E-state index contributed by atoms with van der Waals surface area (Å²) < 4.78 is 1.23. The molecule has 0 aliphatic carbocycles. The number of carboxylic acid groups (broad SMARTS) is 1. The number of carboxylic acids is 1. The number of aromatic nitrogens is 2. The highest BCUT2D eigenvalue weighted by Gasteiger charge is 2.04. The first-order chi connectivity index (χ1) is 7.11. The predicted molar refractivity (Wildman–Crippen MR) is 52.6 cm³/mol. The van der Waals surface area contributed by atoms with Crippen LogP contribution < -0.4 is 10.6 Å². The van der Waals surface area contributed by atoms with Crippen LogP contribution in [0.1, 0.15) is 6.92 Å². The number of hydrogen-bond acceptors (Lipinski definition) is 3. The van der Waals surface area contributed by atoms with Crippen LogP contribution in [0.25, 0.3) is 0 Å². The van der Waals surface area contributed by atoms with Gasteiger partial charge in [0.1, 0.15) is 6.54 Å². The fourth-order valence-corrected chi connectivity index (χ4v) is 0.989. The standard InChI is InChI=1S/C8H12N4O3/c1-2-9-8(15)11-6-3-10-12(4-6)5-7(13)14/h3-4H,2,5H2,1H3,(H,13,14)(H2,9,11,15). The molecule has 0 aliphatic heterocycles. The van der Waals surface area contributed by atoms with E-state index in [2.05, 4.69) is 15.7 Å². The van der Waals surface area contributed by atoms with Crippen molar-refractivity contribution < 1.29 is 14.7 Å². The Bertz CT molecular complexity index is 361. The Kier molecular flexibility index (Phi) is 3.67. The molecule has 1 rings (SSSR count). The predicted octanol–water partition coefficient (Wildman–Crippen LogP) is 0.109. The molecule has 15 heavy (non-hydrogen) atoms. The summed E-state index contributed by atoms with van der Waals surface area (Å²) in [6, 6.07) is -0.340. The zero-order valence-corrected chi connectivity index (χ0v) is 8.23. The lowest BCUT2D eigenvalue weighted by molar-refractivity contribution is -0.137. The van der Waals surface area contributed by atoms with Gasteiger partial charge < -0.3 is 15.7 Å². The highest BCUT2D eigenvalue weighted by Crippen LogP contribution is 2.03. The molecule has 0 saturated carbocycles. The molecule has 0 atom stereocenters. The van der Waals surface area contributed by atoms with Crippen LogP contribution in [0.15, 0.2) is 12.4 Å². The monoisotopic (exact) mass is 212 g/mol. The normalized spacial score (nSPS) is 9.67. The number of rotatable bonds is 4. The number of amides is 2. The molecule has 0 aliphatic rings. The minimum absolute atomic E-state index is 0.225. The number of aliphatic carboxylic acids is 1. The second-order valence-corrected chi connectivity index (χ2v) is 2.80. The van der Waals surface area contributed by atoms with Crippen molar-refractivity contribution in [3.63, 3.8) is 0 Å². The van der Waals surface area contributed by atoms with Crippen LogP contribution in [-0.2, 0) is 11.3 Å². The lowest BCUT2D eigenvalue weighted by Crippen LogP contribution is -2.28. The molecule has 1 aromatic heterocycles. The van der Waals surface area contributed by atoms with Crippen LogP contribution in [0.3, 0.4) is 0 Å². The number of nitrogens with zero attached hydrogens (tertiary/aromatic N) is 2. The van der Waals surface area contributed by atoms with Gasteiger partial charge in [-0.1, -0.05) is 0 Å². The van der Waals surface area contributed by atoms with Gasteiger partial charge in [-0.05, 0) is 6.92 Å². The zero-order chi connectivity index (χ0) is 11.3. The second kappa shape index (κ2) is 4.99. The minimum Gasteiger partial charge on any atom is -0.480 e.